The largest absolute Gasteiger partial charge is 0.309 e. The maximum atomic E-state index is 2.53. The van der Waals surface area contributed by atoms with E-state index in [1.807, 2.05) is 11.3 Å². The molecule has 0 bridgehead atoms. The molecular weight excluding hydrogens is 563 g/mol. The third kappa shape index (κ3) is 3.67. The Morgan fingerprint density at radius 1 is 0.556 bits per heavy atom. The Labute approximate surface area is 265 Å². The SMILES string of the molecule is c1ccc(-n2c3ccccc3c3ccc4c(c32)C(c2ccc3ccccc3c2)CCc2c-4ccc3sc4ccccc4c23)cc1. The van der Waals surface area contributed by atoms with Crippen molar-refractivity contribution in [1.29, 1.82) is 0 Å². The van der Waals surface area contributed by atoms with Crippen LogP contribution in [0.4, 0.5) is 0 Å². The summed E-state index contributed by atoms with van der Waals surface area (Å²) in [6, 6.07) is 54.3. The summed E-state index contributed by atoms with van der Waals surface area (Å²) in [7, 11) is 0. The third-order valence-electron chi connectivity index (χ3n) is 10.0. The summed E-state index contributed by atoms with van der Waals surface area (Å²) < 4.78 is 5.29. The third-order valence-corrected chi connectivity index (χ3v) is 11.2. The Bertz CT molecular complexity index is 2600. The van der Waals surface area contributed by atoms with Gasteiger partial charge in [-0.3, -0.25) is 0 Å². The average Bonchev–Trinajstić information content (AvgIpc) is 3.59. The van der Waals surface area contributed by atoms with Crippen LogP contribution in [0.5, 0.6) is 0 Å². The molecule has 1 aliphatic rings. The molecule has 9 aromatic rings. The van der Waals surface area contributed by atoms with Crippen molar-refractivity contribution in [3.8, 4) is 16.8 Å². The molecule has 0 saturated carbocycles. The van der Waals surface area contributed by atoms with Gasteiger partial charge in [0.15, 0.2) is 0 Å². The van der Waals surface area contributed by atoms with Gasteiger partial charge in [-0.25, -0.2) is 0 Å². The summed E-state index contributed by atoms with van der Waals surface area (Å²) in [6.45, 7) is 0. The van der Waals surface area contributed by atoms with Crippen molar-refractivity contribution in [2.45, 2.75) is 18.8 Å². The normalized spacial score (nSPS) is 14.7. The number of aryl methyl sites for hydroxylation is 1. The Hall–Kier alpha value is -5.18. The first kappa shape index (κ1) is 25.2. The van der Waals surface area contributed by atoms with Crippen molar-refractivity contribution >= 4 is 64.1 Å². The van der Waals surface area contributed by atoms with Gasteiger partial charge in [-0.15, -0.1) is 11.3 Å². The van der Waals surface area contributed by atoms with Crippen LogP contribution in [0, 0.1) is 0 Å². The predicted molar refractivity (Wildman–Crippen MR) is 193 cm³/mol. The van der Waals surface area contributed by atoms with E-state index in [4.69, 9.17) is 0 Å². The average molecular weight is 592 g/mol. The molecule has 7 aromatic carbocycles. The van der Waals surface area contributed by atoms with Gasteiger partial charge >= 0.3 is 0 Å². The molecule has 0 N–H and O–H groups in total. The quantitative estimate of drug-likeness (QED) is 0.188. The zero-order valence-electron chi connectivity index (χ0n) is 24.7. The topological polar surface area (TPSA) is 4.93 Å². The fourth-order valence-electron chi connectivity index (χ4n) is 8.11. The number of hydrogen-bond acceptors (Lipinski definition) is 1. The van der Waals surface area contributed by atoms with Crippen LogP contribution >= 0.6 is 11.3 Å². The number of benzene rings is 7. The lowest BCUT2D eigenvalue weighted by Gasteiger charge is -2.22. The molecule has 1 atom stereocenters. The lowest BCUT2D eigenvalue weighted by Crippen LogP contribution is -2.06. The van der Waals surface area contributed by atoms with Crippen molar-refractivity contribution < 1.29 is 0 Å². The lowest BCUT2D eigenvalue weighted by molar-refractivity contribution is 0.731. The van der Waals surface area contributed by atoms with Crippen molar-refractivity contribution in [3.05, 3.63) is 162 Å². The van der Waals surface area contributed by atoms with Gasteiger partial charge < -0.3 is 4.57 Å². The summed E-state index contributed by atoms with van der Waals surface area (Å²) in [5, 5.41) is 8.06. The molecule has 0 saturated heterocycles. The first-order chi connectivity index (χ1) is 22.3. The highest BCUT2D eigenvalue weighted by molar-refractivity contribution is 7.25. The fourth-order valence-corrected chi connectivity index (χ4v) is 9.24. The molecule has 1 nitrogen and oxygen atoms in total. The van der Waals surface area contributed by atoms with Crippen molar-refractivity contribution in [2.75, 3.05) is 0 Å². The van der Waals surface area contributed by atoms with Gasteiger partial charge in [0.25, 0.3) is 0 Å². The van der Waals surface area contributed by atoms with Crippen LogP contribution in [0.3, 0.4) is 0 Å². The number of rotatable bonds is 2. The van der Waals surface area contributed by atoms with E-state index in [1.165, 1.54) is 86.3 Å². The molecule has 2 heterocycles. The van der Waals surface area contributed by atoms with Crippen LogP contribution in [0.25, 0.3) is 69.6 Å². The van der Waals surface area contributed by atoms with Crippen LogP contribution in [-0.4, -0.2) is 4.57 Å². The molecule has 0 spiro atoms. The minimum absolute atomic E-state index is 0.243. The van der Waals surface area contributed by atoms with Gasteiger partial charge in [0.2, 0.25) is 0 Å². The molecule has 0 fully saturated rings. The van der Waals surface area contributed by atoms with Gasteiger partial charge in [-0.2, -0.15) is 0 Å². The number of para-hydroxylation sites is 2. The van der Waals surface area contributed by atoms with Gasteiger partial charge in [0.05, 0.1) is 11.0 Å². The van der Waals surface area contributed by atoms with Gasteiger partial charge in [-0.05, 0) is 81.8 Å². The van der Waals surface area contributed by atoms with Crippen LogP contribution in [-0.2, 0) is 6.42 Å². The lowest BCUT2D eigenvalue weighted by atomic mass is 9.83. The van der Waals surface area contributed by atoms with Crippen molar-refractivity contribution in [2.24, 2.45) is 0 Å². The van der Waals surface area contributed by atoms with E-state index in [0.717, 1.165) is 12.8 Å². The summed E-state index contributed by atoms with van der Waals surface area (Å²) in [4.78, 5) is 0. The summed E-state index contributed by atoms with van der Waals surface area (Å²) in [5.74, 6) is 0.243. The maximum absolute atomic E-state index is 2.53. The number of fused-ring (bicyclic) bond motifs is 12. The second kappa shape index (κ2) is 9.66. The Morgan fingerprint density at radius 2 is 1.31 bits per heavy atom. The Kier molecular flexibility index (Phi) is 5.40. The maximum Gasteiger partial charge on any atom is 0.0585 e. The molecule has 2 aromatic heterocycles. The minimum atomic E-state index is 0.243. The fraction of sp³-hybridized carbons (Fsp3) is 0.0698. The van der Waals surface area contributed by atoms with Crippen LogP contribution < -0.4 is 0 Å². The van der Waals surface area contributed by atoms with E-state index in [9.17, 15) is 0 Å². The predicted octanol–water partition coefficient (Wildman–Crippen LogP) is 12.0. The molecular formula is C43H29NS. The molecule has 1 unspecified atom stereocenters. The van der Waals surface area contributed by atoms with E-state index >= 15 is 0 Å². The molecule has 45 heavy (non-hydrogen) atoms. The number of hydrogen-bond donors (Lipinski definition) is 0. The minimum Gasteiger partial charge on any atom is -0.309 e. The smallest absolute Gasteiger partial charge is 0.0585 e. The van der Waals surface area contributed by atoms with Crippen molar-refractivity contribution in [3.63, 3.8) is 0 Å². The molecule has 2 heteroatoms. The zero-order valence-corrected chi connectivity index (χ0v) is 25.5. The van der Waals surface area contributed by atoms with Gasteiger partial charge in [0.1, 0.15) is 0 Å². The summed E-state index contributed by atoms with van der Waals surface area (Å²) >= 11 is 1.92. The second-order valence-electron chi connectivity index (χ2n) is 12.4. The Balaban J connectivity index is 1.36. The summed E-state index contributed by atoms with van der Waals surface area (Å²) in [6.07, 6.45) is 2.09. The number of nitrogens with zero attached hydrogens (tertiary/aromatic N) is 1. The first-order valence-electron chi connectivity index (χ1n) is 15.9. The molecule has 0 aliphatic heterocycles. The van der Waals surface area contributed by atoms with Gasteiger partial charge in [0, 0.05) is 42.6 Å². The molecule has 0 amide bonds. The van der Waals surface area contributed by atoms with E-state index < -0.39 is 0 Å². The van der Waals surface area contributed by atoms with E-state index in [0.29, 0.717) is 0 Å². The van der Waals surface area contributed by atoms with Crippen LogP contribution in [0.1, 0.15) is 29.0 Å². The molecule has 1 aliphatic carbocycles. The summed E-state index contributed by atoms with van der Waals surface area (Å²) in [5.41, 5.74) is 10.9. The van der Waals surface area contributed by atoms with Crippen LogP contribution in [0.15, 0.2) is 146 Å². The first-order valence-corrected chi connectivity index (χ1v) is 16.7. The number of thiophene rings is 1. The molecule has 10 rings (SSSR count). The highest BCUT2D eigenvalue weighted by Crippen LogP contribution is 2.50. The monoisotopic (exact) mass is 591 g/mol. The molecule has 0 radical (unpaired) electrons. The standard InChI is InChI=1S/C43H29NS/c1-2-12-30(13-3-1)44-38-16-8-6-14-33(38)36-23-22-35-32-24-25-40-41(37-15-7-9-17-39(37)45-40)34(32)21-20-31(42(35)43(36)44)29-19-18-27-10-4-5-11-28(27)26-29/h1-19,22-26,31H,20-21H2. The highest BCUT2D eigenvalue weighted by Gasteiger charge is 2.30. The Morgan fingerprint density at radius 3 is 2.22 bits per heavy atom. The van der Waals surface area contributed by atoms with Crippen molar-refractivity contribution in [1.82, 2.24) is 4.57 Å². The molecule has 212 valence electrons. The van der Waals surface area contributed by atoms with E-state index in [1.54, 1.807) is 0 Å². The highest BCUT2D eigenvalue weighted by atomic mass is 32.1. The second-order valence-corrected chi connectivity index (χ2v) is 13.5. The van der Waals surface area contributed by atoms with E-state index in [2.05, 4.69) is 150 Å². The van der Waals surface area contributed by atoms with E-state index in [-0.39, 0.29) is 5.92 Å². The van der Waals surface area contributed by atoms with Crippen LogP contribution in [0.2, 0.25) is 0 Å². The number of aromatic nitrogens is 1. The zero-order chi connectivity index (χ0) is 29.5. The van der Waals surface area contributed by atoms with Gasteiger partial charge in [-0.1, -0.05) is 115 Å².